The molecule has 1 atom stereocenters. The Labute approximate surface area is 154 Å². The Morgan fingerprint density at radius 2 is 1.83 bits per heavy atom. The number of hydrogen-bond acceptors (Lipinski definition) is 5. The Kier molecular flexibility index (Phi) is 8.60. The van der Waals surface area contributed by atoms with Crippen molar-refractivity contribution >= 4 is 42.4 Å². The second-order valence-corrected chi connectivity index (χ2v) is 6.67. The minimum Gasteiger partial charge on any atom is -0.349 e. The number of carbonyl (C=O) groups excluding carboxylic acids is 2. The Morgan fingerprint density at radius 3 is 2.38 bits per heavy atom. The molecule has 24 heavy (non-hydrogen) atoms. The highest BCUT2D eigenvalue weighted by atomic mass is 35.5. The van der Waals surface area contributed by atoms with Gasteiger partial charge in [-0.05, 0) is 18.8 Å². The molecular formula is C15H25Cl2N5O2. The topological polar surface area (TPSA) is 110 Å². The van der Waals surface area contributed by atoms with Gasteiger partial charge in [0.15, 0.2) is 11.5 Å². The Morgan fingerprint density at radius 1 is 1.25 bits per heavy atom. The van der Waals surface area contributed by atoms with Gasteiger partial charge in [-0.2, -0.15) is 0 Å². The number of nitrogens with two attached hydrogens (primary N) is 1. The molecule has 1 aromatic heterocycles. The molecule has 0 spiro atoms. The van der Waals surface area contributed by atoms with E-state index in [0.29, 0.717) is 12.5 Å². The molecule has 1 fully saturated rings. The fourth-order valence-corrected chi connectivity index (χ4v) is 1.88. The van der Waals surface area contributed by atoms with Crippen molar-refractivity contribution < 1.29 is 9.59 Å². The lowest BCUT2D eigenvalue weighted by atomic mass is 9.96. The number of anilines is 1. The molecule has 1 aliphatic rings. The summed E-state index contributed by atoms with van der Waals surface area (Å²) < 4.78 is 0. The van der Waals surface area contributed by atoms with E-state index in [1.807, 2.05) is 0 Å². The molecule has 0 aliphatic heterocycles. The zero-order valence-electron chi connectivity index (χ0n) is 14.0. The fourth-order valence-electron chi connectivity index (χ4n) is 1.88. The van der Waals surface area contributed by atoms with Crippen molar-refractivity contribution in [3.05, 3.63) is 18.1 Å². The summed E-state index contributed by atoms with van der Waals surface area (Å²) in [4.78, 5) is 32.3. The highest BCUT2D eigenvalue weighted by Gasteiger charge is 2.29. The molecule has 1 saturated carbocycles. The number of hydrogen-bond donors (Lipinski definition) is 3. The van der Waals surface area contributed by atoms with E-state index in [-0.39, 0.29) is 54.2 Å². The van der Waals surface area contributed by atoms with E-state index in [9.17, 15) is 9.59 Å². The number of nitrogens with zero attached hydrogens (tertiary/aromatic N) is 2. The molecule has 0 saturated heterocycles. The number of halogens is 2. The van der Waals surface area contributed by atoms with E-state index in [4.69, 9.17) is 5.73 Å². The van der Waals surface area contributed by atoms with E-state index in [1.165, 1.54) is 12.4 Å². The zero-order chi connectivity index (χ0) is 16.3. The minimum absolute atomic E-state index is 0. The quantitative estimate of drug-likeness (QED) is 0.723. The van der Waals surface area contributed by atoms with E-state index in [2.05, 4.69) is 20.6 Å². The van der Waals surface area contributed by atoms with Crippen LogP contribution in [0.25, 0.3) is 0 Å². The number of carbonyl (C=O) groups is 2. The van der Waals surface area contributed by atoms with Crippen molar-refractivity contribution in [1.29, 1.82) is 0 Å². The van der Waals surface area contributed by atoms with E-state index in [1.54, 1.807) is 20.8 Å². The van der Waals surface area contributed by atoms with Crippen LogP contribution >= 0.6 is 24.8 Å². The van der Waals surface area contributed by atoms with Gasteiger partial charge < -0.3 is 16.4 Å². The van der Waals surface area contributed by atoms with Gasteiger partial charge in [-0.1, -0.05) is 20.8 Å². The largest absolute Gasteiger partial charge is 0.349 e. The summed E-state index contributed by atoms with van der Waals surface area (Å²) in [6, 6.07) is -0.0340. The van der Waals surface area contributed by atoms with Gasteiger partial charge in [-0.25, -0.2) is 9.97 Å². The molecule has 0 aromatic carbocycles. The van der Waals surface area contributed by atoms with Crippen LogP contribution in [-0.2, 0) is 4.79 Å². The maximum atomic E-state index is 12.2. The van der Waals surface area contributed by atoms with Gasteiger partial charge in [-0.15, -0.1) is 24.8 Å². The van der Waals surface area contributed by atoms with Crippen molar-refractivity contribution in [3.63, 3.8) is 0 Å². The lowest BCUT2D eigenvalue weighted by Gasteiger charge is -2.18. The molecule has 1 unspecified atom stereocenters. The van der Waals surface area contributed by atoms with Crippen LogP contribution in [0.1, 0.15) is 44.1 Å². The van der Waals surface area contributed by atoms with Gasteiger partial charge >= 0.3 is 0 Å². The van der Waals surface area contributed by atoms with E-state index < -0.39 is 5.41 Å². The summed E-state index contributed by atoms with van der Waals surface area (Å²) in [5.74, 6) is 0.0623. The van der Waals surface area contributed by atoms with Crippen molar-refractivity contribution in [1.82, 2.24) is 15.3 Å². The molecule has 1 aliphatic carbocycles. The van der Waals surface area contributed by atoms with Gasteiger partial charge in [0, 0.05) is 30.4 Å². The summed E-state index contributed by atoms with van der Waals surface area (Å²) in [5, 5.41) is 5.40. The normalized spacial score (nSPS) is 14.7. The predicted octanol–water partition coefficient (Wildman–Crippen LogP) is 1.77. The van der Waals surface area contributed by atoms with Crippen molar-refractivity contribution in [2.75, 3.05) is 11.9 Å². The second kappa shape index (κ2) is 9.15. The van der Waals surface area contributed by atoms with Gasteiger partial charge in [-0.3, -0.25) is 9.59 Å². The number of aromatic nitrogens is 2. The van der Waals surface area contributed by atoms with Gasteiger partial charge in [0.05, 0.1) is 0 Å². The third kappa shape index (κ3) is 6.22. The maximum Gasteiger partial charge on any atom is 0.273 e. The van der Waals surface area contributed by atoms with Crippen molar-refractivity contribution in [2.24, 2.45) is 17.1 Å². The van der Waals surface area contributed by atoms with Gasteiger partial charge in [0.2, 0.25) is 5.91 Å². The molecule has 4 N–H and O–H groups in total. The van der Waals surface area contributed by atoms with Crippen LogP contribution in [-0.4, -0.2) is 34.4 Å². The highest BCUT2D eigenvalue weighted by molar-refractivity contribution is 6.02. The van der Waals surface area contributed by atoms with Crippen LogP contribution < -0.4 is 16.4 Å². The van der Waals surface area contributed by atoms with Crippen LogP contribution in [0.15, 0.2) is 12.4 Å². The Hall–Kier alpha value is -1.44. The fraction of sp³-hybridized carbons (Fsp3) is 0.600. The lowest BCUT2D eigenvalue weighted by molar-refractivity contribution is -0.123. The number of amides is 2. The summed E-state index contributed by atoms with van der Waals surface area (Å²) in [6.07, 6.45) is 5.09. The third-order valence-corrected chi connectivity index (χ3v) is 3.55. The SMILES string of the molecule is CC(C)(C)C(=O)Nc1nccnc1C(=O)NCC(N)C1CC1.Cl.Cl. The predicted molar refractivity (Wildman–Crippen MR) is 97.6 cm³/mol. The molecule has 0 bridgehead atoms. The molecule has 0 radical (unpaired) electrons. The third-order valence-electron chi connectivity index (χ3n) is 3.55. The first-order valence-corrected chi connectivity index (χ1v) is 7.45. The van der Waals surface area contributed by atoms with Crippen LogP contribution in [0.5, 0.6) is 0 Å². The maximum absolute atomic E-state index is 12.2. The molecule has 9 heteroatoms. The molecule has 136 valence electrons. The summed E-state index contributed by atoms with van der Waals surface area (Å²) in [7, 11) is 0. The number of nitrogens with one attached hydrogen (secondary N) is 2. The van der Waals surface area contributed by atoms with Crippen LogP contribution in [0.2, 0.25) is 0 Å². The summed E-state index contributed by atoms with van der Waals surface area (Å²) in [6.45, 7) is 5.75. The monoisotopic (exact) mass is 377 g/mol. The standard InChI is InChI=1S/C15H23N5O2.2ClH/c1-15(2,3)14(22)20-12-11(17-6-7-18-12)13(21)19-8-10(16)9-4-5-9;;/h6-7,9-10H,4-5,8,16H2,1-3H3,(H,19,21)(H,18,20,22);2*1H. The lowest BCUT2D eigenvalue weighted by Crippen LogP contribution is -2.39. The van der Waals surface area contributed by atoms with Crippen LogP contribution in [0.4, 0.5) is 5.82 Å². The first-order valence-electron chi connectivity index (χ1n) is 7.45. The molecular weight excluding hydrogens is 353 g/mol. The average Bonchev–Trinajstić information content (AvgIpc) is 3.28. The highest BCUT2D eigenvalue weighted by Crippen LogP contribution is 2.31. The van der Waals surface area contributed by atoms with Crippen LogP contribution in [0, 0.1) is 11.3 Å². The zero-order valence-corrected chi connectivity index (χ0v) is 15.7. The van der Waals surface area contributed by atoms with Crippen molar-refractivity contribution in [2.45, 2.75) is 39.7 Å². The molecule has 1 heterocycles. The summed E-state index contributed by atoms with van der Waals surface area (Å²) >= 11 is 0. The second-order valence-electron chi connectivity index (χ2n) is 6.67. The summed E-state index contributed by atoms with van der Waals surface area (Å²) in [5.41, 5.74) is 5.48. The first-order chi connectivity index (χ1) is 10.3. The molecule has 1 aromatic rings. The van der Waals surface area contributed by atoms with Crippen molar-refractivity contribution in [3.8, 4) is 0 Å². The molecule has 2 rings (SSSR count). The van der Waals surface area contributed by atoms with Gasteiger partial charge in [0.1, 0.15) is 0 Å². The molecule has 2 amide bonds. The Balaban J connectivity index is 0.00000264. The number of rotatable bonds is 5. The van der Waals surface area contributed by atoms with Gasteiger partial charge in [0.25, 0.3) is 5.91 Å². The van der Waals surface area contributed by atoms with E-state index >= 15 is 0 Å². The minimum atomic E-state index is -0.584. The first kappa shape index (κ1) is 22.6. The smallest absolute Gasteiger partial charge is 0.273 e. The van der Waals surface area contributed by atoms with E-state index in [0.717, 1.165) is 12.8 Å². The average molecular weight is 378 g/mol. The Bertz CT molecular complexity index is 573. The van der Waals surface area contributed by atoms with Crippen LogP contribution in [0.3, 0.4) is 0 Å². The molecule has 7 nitrogen and oxygen atoms in total.